The second kappa shape index (κ2) is 8.54. The largest absolute Gasteiger partial charge is 0.354 e. The number of aryl methyl sites for hydroxylation is 1. The highest BCUT2D eigenvalue weighted by Gasteiger charge is 2.20. The Morgan fingerprint density at radius 2 is 2.08 bits per heavy atom. The number of piperidine rings is 1. The van der Waals surface area contributed by atoms with Crippen LogP contribution in [-0.4, -0.2) is 53.0 Å². The van der Waals surface area contributed by atoms with Gasteiger partial charge >= 0.3 is 0 Å². The number of fused-ring (bicyclic) bond motifs is 1. The Hall–Kier alpha value is -2.08. The minimum absolute atomic E-state index is 0.493. The van der Waals surface area contributed by atoms with Crippen molar-refractivity contribution in [3.63, 3.8) is 0 Å². The van der Waals surface area contributed by atoms with Crippen LogP contribution in [0.2, 0.25) is 0 Å². The van der Waals surface area contributed by atoms with Crippen molar-refractivity contribution < 1.29 is 0 Å². The summed E-state index contributed by atoms with van der Waals surface area (Å²) in [6.07, 6.45) is 4.43. The molecule has 0 unspecified atom stereocenters. The van der Waals surface area contributed by atoms with Gasteiger partial charge in [0.05, 0.1) is 12.2 Å². The number of pyridine rings is 1. The monoisotopic (exact) mass is 356 g/mol. The van der Waals surface area contributed by atoms with Crippen LogP contribution in [0, 0.1) is 12.8 Å². The molecule has 2 N–H and O–H groups in total. The number of guanidine groups is 1. The Kier molecular flexibility index (Phi) is 6.14. The first-order valence-corrected chi connectivity index (χ1v) is 9.68. The summed E-state index contributed by atoms with van der Waals surface area (Å²) in [5, 5.41) is 6.98. The number of hydrogen-bond acceptors (Lipinski definition) is 3. The van der Waals surface area contributed by atoms with Gasteiger partial charge in [-0.15, -0.1) is 0 Å². The third kappa shape index (κ3) is 4.75. The van der Waals surface area contributed by atoms with Crippen molar-refractivity contribution in [2.75, 3.05) is 26.7 Å². The molecule has 1 aliphatic rings. The molecule has 1 fully saturated rings. The maximum atomic E-state index is 4.68. The van der Waals surface area contributed by atoms with Crippen molar-refractivity contribution >= 4 is 11.6 Å². The molecule has 2 aromatic rings. The number of imidazole rings is 1. The Balaban J connectivity index is 1.50. The first-order valence-electron chi connectivity index (χ1n) is 9.68. The lowest BCUT2D eigenvalue weighted by Gasteiger charge is -2.33. The van der Waals surface area contributed by atoms with Crippen LogP contribution in [0.3, 0.4) is 0 Å². The van der Waals surface area contributed by atoms with Gasteiger partial charge in [-0.1, -0.05) is 19.9 Å². The first kappa shape index (κ1) is 18.7. The zero-order valence-electron chi connectivity index (χ0n) is 16.5. The molecule has 142 valence electrons. The predicted molar refractivity (Wildman–Crippen MR) is 108 cm³/mol. The summed E-state index contributed by atoms with van der Waals surface area (Å²) in [5.41, 5.74) is 3.20. The predicted octanol–water partition coefficient (Wildman–Crippen LogP) is 2.43. The maximum Gasteiger partial charge on any atom is 0.191 e. The molecular formula is C20H32N6. The van der Waals surface area contributed by atoms with Crippen LogP contribution in [0.4, 0.5) is 0 Å². The number of hydrogen-bond donors (Lipinski definition) is 2. The molecule has 0 spiro atoms. The van der Waals surface area contributed by atoms with E-state index in [4.69, 9.17) is 0 Å². The fourth-order valence-corrected chi connectivity index (χ4v) is 3.62. The minimum Gasteiger partial charge on any atom is -0.354 e. The SMILES string of the molecule is CN=C(NCc1cn2c(C)cccc2n1)NC1CCN(CC(C)C)CC1. The normalized spacial score (nSPS) is 17.2. The minimum atomic E-state index is 0.493. The molecule has 3 heterocycles. The molecule has 2 aromatic heterocycles. The lowest BCUT2D eigenvalue weighted by molar-refractivity contribution is 0.187. The van der Waals surface area contributed by atoms with Gasteiger partial charge in [0, 0.05) is 44.6 Å². The van der Waals surface area contributed by atoms with Crippen molar-refractivity contribution in [2.45, 2.75) is 46.2 Å². The average Bonchev–Trinajstić information content (AvgIpc) is 3.04. The number of likely N-dealkylation sites (tertiary alicyclic amines) is 1. The molecular weight excluding hydrogens is 324 g/mol. The highest BCUT2D eigenvalue weighted by atomic mass is 15.2. The van der Waals surface area contributed by atoms with E-state index >= 15 is 0 Å². The van der Waals surface area contributed by atoms with E-state index in [1.54, 1.807) is 0 Å². The molecule has 0 radical (unpaired) electrons. The molecule has 6 nitrogen and oxygen atoms in total. The standard InChI is InChI=1S/C20H32N6/c1-15(2)13-25-10-8-17(9-11-25)24-20(21-4)22-12-18-14-26-16(3)6-5-7-19(26)23-18/h5-7,14-15,17H,8-13H2,1-4H3,(H2,21,22,24). The van der Waals surface area contributed by atoms with Gasteiger partial charge in [-0.05, 0) is 37.8 Å². The Labute approximate surface area is 156 Å². The van der Waals surface area contributed by atoms with Crippen molar-refractivity contribution in [2.24, 2.45) is 10.9 Å². The molecule has 0 aromatic carbocycles. The number of nitrogens with one attached hydrogen (secondary N) is 2. The van der Waals surface area contributed by atoms with Crippen molar-refractivity contribution in [1.82, 2.24) is 24.9 Å². The number of nitrogens with zero attached hydrogens (tertiary/aromatic N) is 4. The summed E-state index contributed by atoms with van der Waals surface area (Å²) in [6, 6.07) is 6.67. The van der Waals surface area contributed by atoms with Gasteiger partial charge in [0.25, 0.3) is 0 Å². The highest BCUT2D eigenvalue weighted by molar-refractivity contribution is 5.79. The zero-order valence-corrected chi connectivity index (χ0v) is 16.5. The number of rotatable bonds is 5. The molecule has 0 saturated carbocycles. The maximum absolute atomic E-state index is 4.68. The molecule has 0 atom stereocenters. The smallest absolute Gasteiger partial charge is 0.191 e. The van der Waals surface area contributed by atoms with Crippen molar-refractivity contribution in [3.05, 3.63) is 35.8 Å². The number of aromatic nitrogens is 2. The van der Waals surface area contributed by atoms with Crippen LogP contribution in [-0.2, 0) is 6.54 Å². The van der Waals surface area contributed by atoms with Gasteiger partial charge in [0.15, 0.2) is 5.96 Å². The topological polar surface area (TPSA) is 57.0 Å². The second-order valence-corrected chi connectivity index (χ2v) is 7.67. The van der Waals surface area contributed by atoms with Crippen molar-refractivity contribution in [1.29, 1.82) is 0 Å². The van der Waals surface area contributed by atoms with E-state index in [1.165, 1.54) is 38.2 Å². The van der Waals surface area contributed by atoms with Crippen LogP contribution < -0.4 is 10.6 Å². The third-order valence-corrected chi connectivity index (χ3v) is 4.96. The third-order valence-electron chi connectivity index (χ3n) is 4.96. The van der Waals surface area contributed by atoms with E-state index in [1.807, 2.05) is 19.2 Å². The summed E-state index contributed by atoms with van der Waals surface area (Å²) < 4.78 is 2.12. The van der Waals surface area contributed by atoms with Gasteiger partial charge in [-0.3, -0.25) is 4.99 Å². The lowest BCUT2D eigenvalue weighted by atomic mass is 10.0. The molecule has 0 amide bonds. The van der Waals surface area contributed by atoms with Crippen LogP contribution in [0.25, 0.3) is 5.65 Å². The average molecular weight is 357 g/mol. The quantitative estimate of drug-likeness (QED) is 0.638. The summed E-state index contributed by atoms with van der Waals surface area (Å²) in [5.74, 6) is 1.60. The van der Waals surface area contributed by atoms with E-state index in [0.29, 0.717) is 12.6 Å². The Morgan fingerprint density at radius 1 is 1.31 bits per heavy atom. The van der Waals surface area contributed by atoms with Crippen molar-refractivity contribution in [3.8, 4) is 0 Å². The lowest BCUT2D eigenvalue weighted by Crippen LogP contribution is -2.49. The number of aliphatic imine (C=N–C) groups is 1. The van der Waals surface area contributed by atoms with E-state index in [9.17, 15) is 0 Å². The fourth-order valence-electron chi connectivity index (χ4n) is 3.62. The first-order chi connectivity index (χ1) is 12.5. The van der Waals surface area contributed by atoms with E-state index < -0.39 is 0 Å². The molecule has 6 heteroatoms. The summed E-state index contributed by atoms with van der Waals surface area (Å²) in [4.78, 5) is 11.6. The van der Waals surface area contributed by atoms with Gasteiger partial charge in [-0.2, -0.15) is 0 Å². The highest BCUT2D eigenvalue weighted by Crippen LogP contribution is 2.12. The molecule has 0 bridgehead atoms. The fraction of sp³-hybridized carbons (Fsp3) is 0.600. The molecule has 1 saturated heterocycles. The van der Waals surface area contributed by atoms with E-state index in [2.05, 4.69) is 62.9 Å². The molecule has 26 heavy (non-hydrogen) atoms. The molecule has 1 aliphatic heterocycles. The van der Waals surface area contributed by atoms with E-state index in [0.717, 1.165) is 23.2 Å². The van der Waals surface area contributed by atoms with Crippen LogP contribution in [0.5, 0.6) is 0 Å². The summed E-state index contributed by atoms with van der Waals surface area (Å²) >= 11 is 0. The van der Waals surface area contributed by atoms with Crippen LogP contribution in [0.1, 0.15) is 38.1 Å². The van der Waals surface area contributed by atoms with Gasteiger partial charge < -0.3 is 19.9 Å². The van der Waals surface area contributed by atoms with Gasteiger partial charge in [-0.25, -0.2) is 4.98 Å². The molecule has 0 aliphatic carbocycles. The van der Waals surface area contributed by atoms with Crippen LogP contribution in [0.15, 0.2) is 29.4 Å². The summed E-state index contributed by atoms with van der Waals surface area (Å²) in [7, 11) is 1.83. The summed E-state index contributed by atoms with van der Waals surface area (Å²) in [6.45, 7) is 10.9. The second-order valence-electron chi connectivity index (χ2n) is 7.67. The van der Waals surface area contributed by atoms with Crippen LogP contribution >= 0.6 is 0 Å². The Morgan fingerprint density at radius 3 is 2.73 bits per heavy atom. The zero-order chi connectivity index (χ0) is 18.5. The van der Waals surface area contributed by atoms with E-state index in [-0.39, 0.29) is 0 Å². The van der Waals surface area contributed by atoms with Gasteiger partial charge in [0.2, 0.25) is 0 Å². The van der Waals surface area contributed by atoms with Gasteiger partial charge in [0.1, 0.15) is 5.65 Å². The Bertz CT molecular complexity index is 740. The molecule has 3 rings (SSSR count).